The summed E-state index contributed by atoms with van der Waals surface area (Å²) in [5.74, 6) is 0.115. The van der Waals surface area contributed by atoms with Crippen LogP contribution >= 0.6 is 11.8 Å². The van der Waals surface area contributed by atoms with Crippen molar-refractivity contribution in [1.82, 2.24) is 9.80 Å². The molecule has 1 saturated heterocycles. The molecule has 0 bridgehead atoms. The maximum Gasteiger partial charge on any atom is 0.327 e. The van der Waals surface area contributed by atoms with Crippen LogP contribution in [0.4, 0.5) is 4.79 Å². The highest BCUT2D eigenvalue weighted by atomic mass is 32.2. The van der Waals surface area contributed by atoms with Gasteiger partial charge >= 0.3 is 12.0 Å². The first-order valence-corrected chi connectivity index (χ1v) is 8.12. The molecule has 1 N–H and O–H groups in total. The monoisotopic (exact) mass is 302 g/mol. The Balaban J connectivity index is 2.97. The van der Waals surface area contributed by atoms with E-state index in [1.165, 1.54) is 0 Å². The number of amides is 2. The number of thioether (sulfide) groups is 1. The number of hydrogen-bond acceptors (Lipinski definition) is 3. The van der Waals surface area contributed by atoms with Crippen LogP contribution in [0.25, 0.3) is 0 Å². The summed E-state index contributed by atoms with van der Waals surface area (Å²) >= 11 is 1.56. The molecule has 0 aliphatic carbocycles. The average Bonchev–Trinajstić information content (AvgIpc) is 2.80. The molecular weight excluding hydrogens is 276 g/mol. The Hall–Kier alpha value is -0.910. The van der Waals surface area contributed by atoms with Gasteiger partial charge in [0.15, 0.2) is 0 Å². The SMILES string of the molecule is CC(C)C(C)N(C)C(=O)N1C(C(=O)O)CSC1C(C)C. The molecule has 1 heterocycles. The van der Waals surface area contributed by atoms with Crippen LogP contribution in [0, 0.1) is 11.8 Å². The van der Waals surface area contributed by atoms with Gasteiger partial charge in [0.2, 0.25) is 0 Å². The Morgan fingerprint density at radius 2 is 1.80 bits per heavy atom. The summed E-state index contributed by atoms with van der Waals surface area (Å²) in [6.45, 7) is 10.2. The van der Waals surface area contributed by atoms with Gasteiger partial charge in [0.05, 0.1) is 5.37 Å². The summed E-state index contributed by atoms with van der Waals surface area (Å²) in [4.78, 5) is 27.3. The molecule has 1 fully saturated rings. The minimum atomic E-state index is -0.917. The van der Waals surface area contributed by atoms with Gasteiger partial charge in [-0.05, 0) is 18.8 Å². The molecule has 0 saturated carbocycles. The van der Waals surface area contributed by atoms with Gasteiger partial charge in [0.25, 0.3) is 0 Å². The second kappa shape index (κ2) is 6.70. The lowest BCUT2D eigenvalue weighted by atomic mass is 10.1. The van der Waals surface area contributed by atoms with E-state index in [0.717, 1.165) is 0 Å². The van der Waals surface area contributed by atoms with Gasteiger partial charge in [-0.1, -0.05) is 27.7 Å². The summed E-state index contributed by atoms with van der Waals surface area (Å²) in [6.07, 6.45) is 0. The normalized spacial score (nSPS) is 24.3. The van der Waals surface area contributed by atoms with Crippen LogP contribution in [-0.4, -0.2) is 57.2 Å². The lowest BCUT2D eigenvalue weighted by Gasteiger charge is -2.36. The number of carboxylic acid groups (broad SMARTS) is 1. The second-order valence-corrected chi connectivity index (χ2v) is 7.26. The van der Waals surface area contributed by atoms with Gasteiger partial charge in [0.1, 0.15) is 6.04 Å². The molecule has 3 atom stereocenters. The summed E-state index contributed by atoms with van der Waals surface area (Å²) in [5, 5.41) is 9.27. The third-order valence-corrected chi connectivity index (χ3v) is 5.61. The van der Waals surface area contributed by atoms with Crippen molar-refractivity contribution in [2.75, 3.05) is 12.8 Å². The zero-order chi connectivity index (χ0) is 15.6. The second-order valence-electron chi connectivity index (χ2n) is 6.11. The third-order valence-electron chi connectivity index (χ3n) is 3.99. The van der Waals surface area contributed by atoms with Gasteiger partial charge in [-0.2, -0.15) is 0 Å². The van der Waals surface area contributed by atoms with Crippen molar-refractivity contribution in [1.29, 1.82) is 0 Å². The largest absolute Gasteiger partial charge is 0.480 e. The van der Waals surface area contributed by atoms with E-state index in [0.29, 0.717) is 11.7 Å². The summed E-state index contributed by atoms with van der Waals surface area (Å²) in [5.41, 5.74) is 0. The van der Waals surface area contributed by atoms with Crippen LogP contribution in [0.1, 0.15) is 34.6 Å². The minimum Gasteiger partial charge on any atom is -0.480 e. The molecule has 1 aliphatic heterocycles. The quantitative estimate of drug-likeness (QED) is 0.867. The lowest BCUT2D eigenvalue weighted by molar-refractivity contribution is -0.141. The topological polar surface area (TPSA) is 60.9 Å². The Morgan fingerprint density at radius 1 is 1.25 bits per heavy atom. The van der Waals surface area contributed by atoms with Crippen molar-refractivity contribution in [2.45, 2.75) is 52.1 Å². The Morgan fingerprint density at radius 3 is 2.20 bits per heavy atom. The van der Waals surface area contributed by atoms with Crippen molar-refractivity contribution < 1.29 is 14.7 Å². The molecule has 0 aromatic heterocycles. The first-order chi connectivity index (χ1) is 9.18. The van der Waals surface area contributed by atoms with Crippen molar-refractivity contribution in [3.63, 3.8) is 0 Å². The molecule has 0 aromatic rings. The van der Waals surface area contributed by atoms with E-state index < -0.39 is 12.0 Å². The number of carbonyl (C=O) groups excluding carboxylic acids is 1. The molecule has 0 aromatic carbocycles. The van der Waals surface area contributed by atoms with Crippen LogP contribution < -0.4 is 0 Å². The highest BCUT2D eigenvalue weighted by Gasteiger charge is 2.44. The number of aliphatic carboxylic acids is 1. The molecule has 3 unspecified atom stereocenters. The molecule has 1 aliphatic rings. The zero-order valence-electron chi connectivity index (χ0n) is 13.2. The maximum atomic E-state index is 12.7. The molecule has 2 amide bonds. The van der Waals surface area contributed by atoms with Gasteiger partial charge in [0, 0.05) is 18.8 Å². The maximum absolute atomic E-state index is 12.7. The van der Waals surface area contributed by atoms with E-state index in [-0.39, 0.29) is 23.4 Å². The van der Waals surface area contributed by atoms with Crippen molar-refractivity contribution in [2.24, 2.45) is 11.8 Å². The fourth-order valence-corrected chi connectivity index (χ4v) is 3.74. The number of nitrogens with zero attached hydrogens (tertiary/aromatic N) is 2. The number of carboxylic acids is 1. The Bertz CT molecular complexity index is 373. The van der Waals surface area contributed by atoms with E-state index >= 15 is 0 Å². The van der Waals surface area contributed by atoms with Gasteiger partial charge < -0.3 is 10.0 Å². The predicted molar refractivity (Wildman–Crippen MR) is 81.8 cm³/mol. The summed E-state index contributed by atoms with van der Waals surface area (Å²) in [6, 6.07) is -0.820. The van der Waals surface area contributed by atoms with Crippen LogP contribution in [0.5, 0.6) is 0 Å². The highest BCUT2D eigenvalue weighted by Crippen LogP contribution is 2.35. The molecule has 6 heteroatoms. The van der Waals surface area contributed by atoms with Crippen molar-refractivity contribution >= 4 is 23.8 Å². The molecule has 20 heavy (non-hydrogen) atoms. The number of carbonyl (C=O) groups is 2. The van der Waals surface area contributed by atoms with E-state index in [1.54, 1.807) is 28.6 Å². The fraction of sp³-hybridized carbons (Fsp3) is 0.857. The fourth-order valence-electron chi connectivity index (χ4n) is 2.28. The predicted octanol–water partition coefficient (Wildman–Crippen LogP) is 2.57. The Kier molecular flexibility index (Phi) is 5.74. The van der Waals surface area contributed by atoms with Gasteiger partial charge in [-0.15, -0.1) is 11.8 Å². The van der Waals surface area contributed by atoms with Crippen molar-refractivity contribution in [3.05, 3.63) is 0 Å². The Labute approximate surface area is 125 Å². The molecule has 5 nitrogen and oxygen atoms in total. The van der Waals surface area contributed by atoms with Gasteiger partial charge in [-0.3, -0.25) is 4.90 Å². The van der Waals surface area contributed by atoms with E-state index in [4.69, 9.17) is 0 Å². The van der Waals surface area contributed by atoms with Crippen LogP contribution in [-0.2, 0) is 4.79 Å². The molecular formula is C14H26N2O3S. The zero-order valence-corrected chi connectivity index (χ0v) is 14.0. The number of hydrogen-bond donors (Lipinski definition) is 1. The summed E-state index contributed by atoms with van der Waals surface area (Å²) < 4.78 is 0. The van der Waals surface area contributed by atoms with Crippen molar-refractivity contribution in [3.8, 4) is 0 Å². The standard InChI is InChI=1S/C14H26N2O3S/c1-8(2)10(5)15(6)14(19)16-11(13(17)18)7-20-12(16)9(3)4/h8-12H,7H2,1-6H3,(H,17,18). The van der Waals surface area contributed by atoms with E-state index in [2.05, 4.69) is 13.8 Å². The average molecular weight is 302 g/mol. The number of rotatable bonds is 4. The van der Waals surface area contributed by atoms with E-state index in [1.807, 2.05) is 20.8 Å². The van der Waals surface area contributed by atoms with Crippen LogP contribution in [0.15, 0.2) is 0 Å². The highest BCUT2D eigenvalue weighted by molar-refractivity contribution is 8.00. The smallest absolute Gasteiger partial charge is 0.327 e. The molecule has 1 rings (SSSR count). The van der Waals surface area contributed by atoms with E-state index in [9.17, 15) is 14.7 Å². The molecule has 0 spiro atoms. The summed E-state index contributed by atoms with van der Waals surface area (Å²) in [7, 11) is 1.76. The third kappa shape index (κ3) is 3.40. The lowest BCUT2D eigenvalue weighted by Crippen LogP contribution is -2.54. The first-order valence-electron chi connectivity index (χ1n) is 7.08. The first kappa shape index (κ1) is 17.1. The van der Waals surface area contributed by atoms with Crippen LogP contribution in [0.3, 0.4) is 0 Å². The van der Waals surface area contributed by atoms with Crippen LogP contribution in [0.2, 0.25) is 0 Å². The number of urea groups is 1. The van der Waals surface area contributed by atoms with Gasteiger partial charge in [-0.25, -0.2) is 9.59 Å². The molecule has 0 radical (unpaired) electrons. The minimum absolute atomic E-state index is 0.0644. The molecule has 116 valence electrons.